The van der Waals surface area contributed by atoms with Crippen LogP contribution in [0.2, 0.25) is 0 Å². The highest BCUT2D eigenvalue weighted by molar-refractivity contribution is 7.71. The molecule has 0 saturated carbocycles. The highest BCUT2D eigenvalue weighted by Crippen LogP contribution is 2.25. The first-order valence-electron chi connectivity index (χ1n) is 7.71. The number of para-hydroxylation sites is 1. The molecule has 0 aliphatic rings. The zero-order valence-corrected chi connectivity index (χ0v) is 15.5. The number of benzene rings is 1. The minimum atomic E-state index is -0.185. The summed E-state index contributed by atoms with van der Waals surface area (Å²) in [5.74, 6) is 1.27. The van der Waals surface area contributed by atoms with E-state index in [1.54, 1.807) is 23.0 Å². The Balaban J connectivity index is 1.75. The molecule has 2 N–H and O–H groups in total. The molecule has 0 saturated heterocycles. The summed E-state index contributed by atoms with van der Waals surface area (Å²) < 4.78 is 7.47. The van der Waals surface area contributed by atoms with Crippen LogP contribution < -0.4 is 10.1 Å². The number of methoxy groups -OCH3 is 1. The summed E-state index contributed by atoms with van der Waals surface area (Å²) in [4.78, 5) is 13.5. The predicted octanol–water partition coefficient (Wildman–Crippen LogP) is 3.56. The van der Waals surface area contributed by atoms with Crippen molar-refractivity contribution in [3.8, 4) is 16.5 Å². The van der Waals surface area contributed by atoms with E-state index in [1.807, 2.05) is 48.7 Å². The third-order valence-corrected chi connectivity index (χ3v) is 4.96. The molecule has 0 spiro atoms. The van der Waals surface area contributed by atoms with Crippen LogP contribution in [0.5, 0.6) is 5.75 Å². The molecule has 0 aliphatic heterocycles. The Hall–Kier alpha value is -2.45. The lowest BCUT2D eigenvalue weighted by Crippen LogP contribution is -2.30. The Labute approximate surface area is 154 Å². The summed E-state index contributed by atoms with van der Waals surface area (Å²) in [7, 11) is 1.62. The second-order valence-corrected chi connectivity index (χ2v) is 6.78. The van der Waals surface area contributed by atoms with E-state index in [1.165, 1.54) is 0 Å². The lowest BCUT2D eigenvalue weighted by atomic mass is 10.1. The topological polar surface area (TPSA) is 71.9 Å². The van der Waals surface area contributed by atoms with Crippen molar-refractivity contribution in [1.82, 2.24) is 20.1 Å². The van der Waals surface area contributed by atoms with Crippen LogP contribution in [0.1, 0.15) is 18.5 Å². The van der Waals surface area contributed by atoms with Crippen LogP contribution in [-0.4, -0.2) is 27.8 Å². The summed E-state index contributed by atoms with van der Waals surface area (Å²) in [5, 5.41) is 11.9. The Kier molecular flexibility index (Phi) is 5.30. The monoisotopic (exact) mass is 374 g/mol. The van der Waals surface area contributed by atoms with Gasteiger partial charge >= 0.3 is 0 Å². The Morgan fingerprint density at radius 1 is 1.40 bits per heavy atom. The maximum absolute atomic E-state index is 12.5. The van der Waals surface area contributed by atoms with Gasteiger partial charge in [-0.2, -0.15) is 5.10 Å². The molecule has 0 unspecified atom stereocenters. The maximum atomic E-state index is 12.5. The number of nitrogens with zero attached hydrogens (tertiary/aromatic N) is 2. The van der Waals surface area contributed by atoms with Crippen LogP contribution in [0.15, 0.2) is 41.8 Å². The Morgan fingerprint density at radius 3 is 2.92 bits per heavy atom. The van der Waals surface area contributed by atoms with Gasteiger partial charge in [-0.15, -0.1) is 11.3 Å². The number of thiophene rings is 1. The van der Waals surface area contributed by atoms with Crippen molar-refractivity contribution in [2.75, 3.05) is 7.11 Å². The van der Waals surface area contributed by atoms with Crippen molar-refractivity contribution < 1.29 is 9.53 Å². The zero-order chi connectivity index (χ0) is 17.8. The van der Waals surface area contributed by atoms with E-state index in [4.69, 9.17) is 17.0 Å². The standard InChI is InChI=1S/C17H18N4O2S2/c1-11(12-6-3-4-7-13(12)23-2)18-15(22)10-21-16(19-20-17(21)24)14-8-5-9-25-14/h3-9,11H,10H2,1-2H3,(H,18,22)(H,20,24)/t11-/m0/s1. The fraction of sp³-hybridized carbons (Fsp3) is 0.235. The van der Waals surface area contributed by atoms with Gasteiger partial charge in [0.2, 0.25) is 5.91 Å². The minimum absolute atomic E-state index is 0.0993. The summed E-state index contributed by atoms with van der Waals surface area (Å²) in [6.45, 7) is 2.02. The first-order chi connectivity index (χ1) is 12.1. The number of aromatic amines is 1. The van der Waals surface area contributed by atoms with E-state index >= 15 is 0 Å². The highest BCUT2D eigenvalue weighted by atomic mass is 32.1. The third kappa shape index (κ3) is 3.80. The van der Waals surface area contributed by atoms with Crippen LogP contribution in [-0.2, 0) is 11.3 Å². The number of ether oxygens (including phenoxy) is 1. The van der Waals surface area contributed by atoms with Gasteiger partial charge < -0.3 is 10.1 Å². The van der Waals surface area contributed by atoms with Crippen molar-refractivity contribution in [3.05, 3.63) is 52.1 Å². The van der Waals surface area contributed by atoms with E-state index in [-0.39, 0.29) is 18.5 Å². The number of carbonyl (C=O) groups is 1. The second kappa shape index (κ2) is 7.62. The van der Waals surface area contributed by atoms with Crippen molar-refractivity contribution in [2.24, 2.45) is 0 Å². The van der Waals surface area contributed by atoms with E-state index in [9.17, 15) is 4.79 Å². The molecule has 6 nitrogen and oxygen atoms in total. The molecule has 2 aromatic heterocycles. The molecule has 1 aromatic carbocycles. The van der Waals surface area contributed by atoms with Crippen LogP contribution >= 0.6 is 23.6 Å². The van der Waals surface area contributed by atoms with Crippen LogP contribution in [0.3, 0.4) is 0 Å². The van der Waals surface area contributed by atoms with Crippen LogP contribution in [0, 0.1) is 4.77 Å². The number of hydrogen-bond donors (Lipinski definition) is 2. The number of nitrogens with one attached hydrogen (secondary N) is 2. The Bertz CT molecular complexity index is 915. The minimum Gasteiger partial charge on any atom is -0.496 e. The van der Waals surface area contributed by atoms with Gasteiger partial charge in [-0.1, -0.05) is 24.3 Å². The number of rotatable bonds is 6. The molecule has 2 heterocycles. The SMILES string of the molecule is COc1ccccc1[C@H](C)NC(=O)Cn1c(-c2cccs2)n[nH]c1=S. The first kappa shape index (κ1) is 17.4. The molecule has 25 heavy (non-hydrogen) atoms. The molecule has 0 aliphatic carbocycles. The lowest BCUT2D eigenvalue weighted by Gasteiger charge is -2.17. The average Bonchev–Trinajstić information content (AvgIpc) is 3.25. The van der Waals surface area contributed by atoms with Gasteiger partial charge in [-0.3, -0.25) is 14.5 Å². The molecular formula is C17H18N4O2S2. The molecule has 8 heteroatoms. The fourth-order valence-corrected chi connectivity index (χ4v) is 3.51. The predicted molar refractivity (Wildman–Crippen MR) is 100 cm³/mol. The van der Waals surface area contributed by atoms with Gasteiger partial charge in [0, 0.05) is 5.56 Å². The number of aromatic nitrogens is 3. The first-order valence-corrected chi connectivity index (χ1v) is 9.00. The maximum Gasteiger partial charge on any atom is 0.240 e. The fourth-order valence-electron chi connectivity index (χ4n) is 2.59. The van der Waals surface area contributed by atoms with Crippen molar-refractivity contribution in [3.63, 3.8) is 0 Å². The molecule has 130 valence electrons. The van der Waals surface area contributed by atoms with E-state index in [2.05, 4.69) is 15.5 Å². The number of amides is 1. The van der Waals surface area contributed by atoms with Crippen molar-refractivity contribution >= 4 is 29.5 Å². The molecule has 0 fully saturated rings. The molecule has 1 atom stereocenters. The van der Waals surface area contributed by atoms with Gasteiger partial charge in [0.15, 0.2) is 10.6 Å². The molecule has 3 aromatic rings. The molecule has 1 amide bonds. The largest absolute Gasteiger partial charge is 0.496 e. The normalized spacial score (nSPS) is 11.9. The molecule has 0 radical (unpaired) electrons. The van der Waals surface area contributed by atoms with E-state index in [0.29, 0.717) is 10.6 Å². The average molecular weight is 374 g/mol. The quantitative estimate of drug-likeness (QED) is 0.647. The third-order valence-electron chi connectivity index (χ3n) is 3.78. The van der Waals surface area contributed by atoms with E-state index < -0.39 is 0 Å². The van der Waals surface area contributed by atoms with Crippen molar-refractivity contribution in [1.29, 1.82) is 0 Å². The van der Waals surface area contributed by atoms with Gasteiger partial charge in [0.05, 0.1) is 18.0 Å². The second-order valence-electron chi connectivity index (χ2n) is 5.45. The van der Waals surface area contributed by atoms with Gasteiger partial charge in [-0.25, -0.2) is 0 Å². The zero-order valence-electron chi connectivity index (χ0n) is 13.9. The summed E-state index contributed by atoms with van der Waals surface area (Å²) in [6, 6.07) is 11.3. The molecule has 0 bridgehead atoms. The van der Waals surface area contributed by atoms with Gasteiger partial charge in [-0.05, 0) is 36.7 Å². The summed E-state index contributed by atoms with van der Waals surface area (Å²) >= 11 is 6.81. The van der Waals surface area contributed by atoms with Gasteiger partial charge in [0.25, 0.3) is 0 Å². The Morgan fingerprint density at radius 2 is 2.20 bits per heavy atom. The lowest BCUT2D eigenvalue weighted by molar-refractivity contribution is -0.122. The molecular weight excluding hydrogens is 356 g/mol. The van der Waals surface area contributed by atoms with Crippen LogP contribution in [0.4, 0.5) is 0 Å². The van der Waals surface area contributed by atoms with Gasteiger partial charge in [0.1, 0.15) is 12.3 Å². The van der Waals surface area contributed by atoms with E-state index in [0.717, 1.165) is 16.2 Å². The number of hydrogen-bond acceptors (Lipinski definition) is 5. The molecule has 3 rings (SSSR count). The van der Waals surface area contributed by atoms with Crippen molar-refractivity contribution in [2.45, 2.75) is 19.5 Å². The summed E-state index contributed by atoms with van der Waals surface area (Å²) in [5.41, 5.74) is 0.924. The van der Waals surface area contributed by atoms with Crippen LogP contribution in [0.25, 0.3) is 10.7 Å². The summed E-state index contributed by atoms with van der Waals surface area (Å²) in [6.07, 6.45) is 0. The smallest absolute Gasteiger partial charge is 0.240 e. The number of H-pyrrole nitrogens is 1. The number of carbonyl (C=O) groups excluding carboxylic acids is 1. The highest BCUT2D eigenvalue weighted by Gasteiger charge is 2.17.